The van der Waals surface area contributed by atoms with E-state index in [-0.39, 0.29) is 18.5 Å². The fraction of sp³-hybridized carbons (Fsp3) is 0.263. The maximum absolute atomic E-state index is 13.2. The first kappa shape index (κ1) is 15.0. The van der Waals surface area contributed by atoms with Gasteiger partial charge in [-0.1, -0.05) is 18.2 Å². The molecular formula is C19H18FNO3. The molecular weight excluding hydrogens is 309 g/mol. The van der Waals surface area contributed by atoms with Crippen molar-refractivity contribution < 1.29 is 18.6 Å². The maximum Gasteiger partial charge on any atom is 0.231 e. The number of fused-ring (bicyclic) bond motifs is 2. The molecule has 1 N–H and O–H groups in total. The molecule has 0 amide bonds. The number of halogens is 1. The summed E-state index contributed by atoms with van der Waals surface area (Å²) in [6.45, 7) is 2.36. The molecule has 4 nitrogen and oxygen atoms in total. The third kappa shape index (κ3) is 3.08. The van der Waals surface area contributed by atoms with Crippen LogP contribution < -0.4 is 19.5 Å². The molecule has 2 aliphatic heterocycles. The summed E-state index contributed by atoms with van der Waals surface area (Å²) in [5.41, 5.74) is 2.22. The minimum absolute atomic E-state index is 0.191. The number of hydrogen-bond acceptors (Lipinski definition) is 4. The third-order valence-corrected chi connectivity index (χ3v) is 4.27. The van der Waals surface area contributed by atoms with Crippen LogP contribution in [0, 0.1) is 11.7 Å². The number of hydrogen-bond donors (Lipinski definition) is 1. The van der Waals surface area contributed by atoms with Crippen molar-refractivity contribution in [3.63, 3.8) is 0 Å². The molecule has 0 spiro atoms. The number of nitrogens with one attached hydrogen (secondary N) is 1. The zero-order chi connectivity index (χ0) is 16.4. The average Bonchev–Trinajstić information content (AvgIpc) is 2.62. The Hall–Kier alpha value is -2.53. The van der Waals surface area contributed by atoms with Crippen LogP contribution >= 0.6 is 0 Å². The molecule has 1 atom stereocenters. The highest BCUT2D eigenvalue weighted by molar-refractivity contribution is 5.68. The van der Waals surface area contributed by atoms with Crippen LogP contribution in [0.2, 0.25) is 0 Å². The predicted molar refractivity (Wildman–Crippen MR) is 88.8 cm³/mol. The van der Waals surface area contributed by atoms with Gasteiger partial charge in [-0.2, -0.15) is 0 Å². The Morgan fingerprint density at radius 3 is 2.88 bits per heavy atom. The quantitative estimate of drug-likeness (QED) is 0.936. The molecule has 2 aromatic rings. The topological polar surface area (TPSA) is 39.7 Å². The van der Waals surface area contributed by atoms with Crippen molar-refractivity contribution in [1.82, 2.24) is 5.32 Å². The summed E-state index contributed by atoms with van der Waals surface area (Å²) in [4.78, 5) is 0. The second kappa shape index (κ2) is 6.53. The van der Waals surface area contributed by atoms with Crippen LogP contribution in [0.5, 0.6) is 17.2 Å². The fourth-order valence-electron chi connectivity index (χ4n) is 3.02. The largest absolute Gasteiger partial charge is 0.489 e. The lowest BCUT2D eigenvalue weighted by molar-refractivity contribution is 0.0991. The second-order valence-electron chi connectivity index (χ2n) is 5.85. The highest BCUT2D eigenvalue weighted by atomic mass is 19.1. The van der Waals surface area contributed by atoms with E-state index in [1.54, 1.807) is 0 Å². The molecule has 2 heterocycles. The molecule has 24 heavy (non-hydrogen) atoms. The fourth-order valence-corrected chi connectivity index (χ4v) is 3.02. The van der Waals surface area contributed by atoms with Crippen molar-refractivity contribution in [2.24, 2.45) is 5.92 Å². The van der Waals surface area contributed by atoms with Crippen molar-refractivity contribution in [2.45, 2.75) is 0 Å². The SMILES string of the molecule is Fc1ccc(C2=CCNCC2COc2ccc3cc2OCO3)cc1. The molecule has 0 saturated carbocycles. The Morgan fingerprint density at radius 2 is 2.00 bits per heavy atom. The van der Waals surface area contributed by atoms with Gasteiger partial charge in [-0.3, -0.25) is 0 Å². The van der Waals surface area contributed by atoms with E-state index in [0.717, 1.165) is 24.4 Å². The van der Waals surface area contributed by atoms with Crippen molar-refractivity contribution in [1.29, 1.82) is 0 Å². The molecule has 4 rings (SSSR count). The highest BCUT2D eigenvalue weighted by Crippen LogP contribution is 2.35. The Labute approximate surface area is 139 Å². The second-order valence-corrected chi connectivity index (χ2v) is 5.85. The molecule has 0 saturated heterocycles. The summed E-state index contributed by atoms with van der Waals surface area (Å²) in [5.74, 6) is 2.17. The van der Waals surface area contributed by atoms with Crippen molar-refractivity contribution in [3.05, 3.63) is 59.9 Å². The van der Waals surface area contributed by atoms with Gasteiger partial charge in [0.25, 0.3) is 0 Å². The first-order valence-corrected chi connectivity index (χ1v) is 7.99. The molecule has 2 aliphatic rings. The van der Waals surface area contributed by atoms with E-state index in [0.29, 0.717) is 18.1 Å². The van der Waals surface area contributed by atoms with Gasteiger partial charge in [0.05, 0.1) is 6.61 Å². The molecule has 0 radical (unpaired) electrons. The van der Waals surface area contributed by atoms with Crippen LogP contribution in [0.3, 0.4) is 0 Å². The summed E-state index contributed by atoms with van der Waals surface area (Å²) >= 11 is 0. The summed E-state index contributed by atoms with van der Waals surface area (Å²) in [6, 6.07) is 12.2. The van der Waals surface area contributed by atoms with Gasteiger partial charge in [-0.15, -0.1) is 0 Å². The van der Waals surface area contributed by atoms with Crippen molar-refractivity contribution >= 4 is 5.57 Å². The van der Waals surface area contributed by atoms with E-state index in [2.05, 4.69) is 11.4 Å². The van der Waals surface area contributed by atoms with E-state index in [1.165, 1.54) is 17.7 Å². The van der Waals surface area contributed by atoms with E-state index >= 15 is 0 Å². The van der Waals surface area contributed by atoms with Crippen LogP contribution in [0.1, 0.15) is 5.56 Å². The molecule has 0 aliphatic carbocycles. The van der Waals surface area contributed by atoms with Gasteiger partial charge in [0.2, 0.25) is 6.79 Å². The van der Waals surface area contributed by atoms with E-state index in [1.807, 2.05) is 30.3 Å². The lowest BCUT2D eigenvalue weighted by Gasteiger charge is -2.26. The molecule has 2 bridgehead atoms. The van der Waals surface area contributed by atoms with E-state index in [4.69, 9.17) is 14.2 Å². The molecule has 0 aromatic heterocycles. The smallest absolute Gasteiger partial charge is 0.231 e. The Bertz CT molecular complexity index is 758. The number of ether oxygens (including phenoxy) is 3. The van der Waals surface area contributed by atoms with Crippen LogP contribution in [0.4, 0.5) is 4.39 Å². The van der Waals surface area contributed by atoms with Gasteiger partial charge in [0.15, 0.2) is 11.5 Å². The highest BCUT2D eigenvalue weighted by Gasteiger charge is 2.21. The lowest BCUT2D eigenvalue weighted by Crippen LogP contribution is -2.32. The van der Waals surface area contributed by atoms with E-state index in [9.17, 15) is 4.39 Å². The van der Waals surface area contributed by atoms with Crippen molar-refractivity contribution in [2.75, 3.05) is 26.5 Å². The zero-order valence-corrected chi connectivity index (χ0v) is 13.1. The maximum atomic E-state index is 13.2. The van der Waals surface area contributed by atoms with Crippen molar-refractivity contribution in [3.8, 4) is 17.2 Å². The van der Waals surface area contributed by atoms with Gasteiger partial charge in [0, 0.05) is 25.1 Å². The van der Waals surface area contributed by atoms with Crippen LogP contribution in [0.15, 0.2) is 48.5 Å². The molecule has 1 unspecified atom stereocenters. The van der Waals surface area contributed by atoms with Crippen LogP contribution in [0.25, 0.3) is 5.57 Å². The normalized spacial score (nSPS) is 19.0. The number of rotatable bonds is 4. The molecule has 2 aromatic carbocycles. The monoisotopic (exact) mass is 327 g/mol. The molecule has 5 heteroatoms. The average molecular weight is 327 g/mol. The molecule has 0 fully saturated rings. The summed E-state index contributed by atoms with van der Waals surface area (Å²) in [6.07, 6.45) is 2.14. The number of benzene rings is 2. The van der Waals surface area contributed by atoms with Gasteiger partial charge in [-0.25, -0.2) is 4.39 Å². The zero-order valence-electron chi connectivity index (χ0n) is 13.1. The van der Waals surface area contributed by atoms with Gasteiger partial charge in [0.1, 0.15) is 11.6 Å². The Kier molecular flexibility index (Phi) is 4.09. The summed E-state index contributed by atoms with van der Waals surface area (Å²) < 4.78 is 29.9. The van der Waals surface area contributed by atoms with Crippen LogP contribution in [-0.2, 0) is 0 Å². The van der Waals surface area contributed by atoms with Crippen LogP contribution in [-0.4, -0.2) is 26.5 Å². The lowest BCUT2D eigenvalue weighted by atomic mass is 9.90. The van der Waals surface area contributed by atoms with E-state index < -0.39 is 0 Å². The predicted octanol–water partition coefficient (Wildman–Crippen LogP) is 3.24. The Balaban J connectivity index is 1.50. The minimum Gasteiger partial charge on any atom is -0.489 e. The van der Waals surface area contributed by atoms with Gasteiger partial charge >= 0.3 is 0 Å². The minimum atomic E-state index is -0.223. The summed E-state index contributed by atoms with van der Waals surface area (Å²) in [7, 11) is 0. The van der Waals surface area contributed by atoms with Gasteiger partial charge < -0.3 is 19.5 Å². The standard InChI is InChI=1S/C19H18FNO3/c20-15-3-1-13(2-4-15)17-7-8-21-10-14(17)11-22-18-6-5-16-9-19(18)24-12-23-16/h1-7,9,14,21H,8,10-12H2. The first-order chi connectivity index (χ1) is 11.8. The first-order valence-electron chi connectivity index (χ1n) is 7.99. The van der Waals surface area contributed by atoms with Gasteiger partial charge in [-0.05, 0) is 35.4 Å². The third-order valence-electron chi connectivity index (χ3n) is 4.27. The Morgan fingerprint density at radius 1 is 1.12 bits per heavy atom. The summed E-state index contributed by atoms with van der Waals surface area (Å²) in [5, 5.41) is 3.35. The molecule has 124 valence electrons.